The molecule has 0 spiro atoms. The molecule has 0 atom stereocenters. The van der Waals surface area contributed by atoms with Crippen LogP contribution in [0, 0.1) is 6.92 Å². The topological polar surface area (TPSA) is 70.7 Å². The van der Waals surface area contributed by atoms with Crippen LogP contribution in [0.1, 0.15) is 21.6 Å². The zero-order valence-electron chi connectivity index (χ0n) is 16.5. The molecule has 5 rings (SSSR count). The largest absolute Gasteiger partial charge is 0.354 e. The van der Waals surface area contributed by atoms with Crippen molar-refractivity contribution in [3.05, 3.63) is 95.9 Å². The van der Waals surface area contributed by atoms with Gasteiger partial charge in [0.05, 0.1) is 5.69 Å². The predicted molar refractivity (Wildman–Crippen MR) is 119 cm³/mol. The first-order valence-electron chi connectivity index (χ1n) is 9.84. The zero-order chi connectivity index (χ0) is 20.5. The highest BCUT2D eigenvalue weighted by molar-refractivity contribution is 6.09. The van der Waals surface area contributed by atoms with Crippen LogP contribution in [-0.2, 0) is 6.54 Å². The summed E-state index contributed by atoms with van der Waals surface area (Å²) >= 11 is 0. The lowest BCUT2D eigenvalue weighted by Crippen LogP contribution is -2.22. The second-order valence-corrected chi connectivity index (χ2v) is 7.35. The van der Waals surface area contributed by atoms with Crippen LogP contribution in [-0.4, -0.2) is 20.9 Å². The van der Waals surface area contributed by atoms with Crippen LogP contribution < -0.4 is 5.32 Å². The van der Waals surface area contributed by atoms with Gasteiger partial charge in [-0.1, -0.05) is 30.3 Å². The highest BCUT2D eigenvalue weighted by Crippen LogP contribution is 2.26. The number of pyridine rings is 2. The van der Waals surface area contributed by atoms with E-state index in [1.165, 1.54) is 0 Å². The SMILES string of the molecule is Cc1cc(-c2ccc(CNC(=O)c3ccc4c(c3)[nH]c3ccccc34)cn2)ccn1. The average molecular weight is 392 g/mol. The predicted octanol–water partition coefficient (Wildman–Crippen LogP) is 5.02. The molecule has 0 unspecified atom stereocenters. The fourth-order valence-corrected chi connectivity index (χ4v) is 3.68. The minimum absolute atomic E-state index is 0.107. The lowest BCUT2D eigenvalue weighted by Gasteiger charge is -2.07. The number of carbonyl (C=O) groups is 1. The first-order chi connectivity index (χ1) is 14.7. The van der Waals surface area contributed by atoms with E-state index in [2.05, 4.69) is 26.3 Å². The molecule has 0 aliphatic heterocycles. The molecule has 30 heavy (non-hydrogen) atoms. The Balaban J connectivity index is 1.30. The molecule has 5 heteroatoms. The Morgan fingerprint density at radius 1 is 0.933 bits per heavy atom. The van der Waals surface area contributed by atoms with E-state index in [4.69, 9.17) is 0 Å². The summed E-state index contributed by atoms with van der Waals surface area (Å²) < 4.78 is 0. The Labute approximate surface area is 173 Å². The number of fused-ring (bicyclic) bond motifs is 3. The number of benzene rings is 2. The molecule has 0 radical (unpaired) electrons. The second kappa shape index (κ2) is 7.44. The zero-order valence-corrected chi connectivity index (χ0v) is 16.5. The van der Waals surface area contributed by atoms with Crippen molar-refractivity contribution in [2.45, 2.75) is 13.5 Å². The molecule has 2 aromatic carbocycles. The number of H-pyrrole nitrogens is 1. The van der Waals surface area contributed by atoms with Gasteiger partial charge in [0.2, 0.25) is 0 Å². The van der Waals surface area contributed by atoms with Crippen molar-refractivity contribution in [2.24, 2.45) is 0 Å². The van der Waals surface area contributed by atoms with Gasteiger partial charge in [-0.05, 0) is 48.9 Å². The van der Waals surface area contributed by atoms with Gasteiger partial charge < -0.3 is 10.3 Å². The van der Waals surface area contributed by atoms with E-state index in [9.17, 15) is 4.79 Å². The van der Waals surface area contributed by atoms with Crippen molar-refractivity contribution >= 4 is 27.7 Å². The molecular weight excluding hydrogens is 372 g/mol. The third kappa shape index (κ3) is 3.42. The molecule has 146 valence electrons. The van der Waals surface area contributed by atoms with Crippen LogP contribution in [0.15, 0.2) is 79.1 Å². The van der Waals surface area contributed by atoms with Crippen LogP contribution in [0.25, 0.3) is 33.1 Å². The van der Waals surface area contributed by atoms with Gasteiger partial charge in [-0.3, -0.25) is 14.8 Å². The minimum atomic E-state index is -0.107. The van der Waals surface area contributed by atoms with Crippen molar-refractivity contribution < 1.29 is 4.79 Å². The van der Waals surface area contributed by atoms with E-state index in [1.807, 2.05) is 67.6 Å². The molecule has 3 aromatic heterocycles. The van der Waals surface area contributed by atoms with Crippen molar-refractivity contribution in [2.75, 3.05) is 0 Å². The van der Waals surface area contributed by atoms with Crippen molar-refractivity contribution in [3.8, 4) is 11.3 Å². The van der Waals surface area contributed by atoms with Gasteiger partial charge >= 0.3 is 0 Å². The van der Waals surface area contributed by atoms with E-state index < -0.39 is 0 Å². The van der Waals surface area contributed by atoms with Gasteiger partial charge in [0, 0.05) is 57.6 Å². The van der Waals surface area contributed by atoms with Crippen molar-refractivity contribution in [1.29, 1.82) is 0 Å². The molecule has 0 fully saturated rings. The Hall–Kier alpha value is -3.99. The van der Waals surface area contributed by atoms with Crippen molar-refractivity contribution in [1.82, 2.24) is 20.3 Å². The molecule has 0 saturated heterocycles. The minimum Gasteiger partial charge on any atom is -0.354 e. The number of aromatic nitrogens is 3. The summed E-state index contributed by atoms with van der Waals surface area (Å²) in [6, 6.07) is 21.8. The van der Waals surface area contributed by atoms with Crippen LogP contribution >= 0.6 is 0 Å². The lowest BCUT2D eigenvalue weighted by atomic mass is 10.1. The summed E-state index contributed by atoms with van der Waals surface area (Å²) in [4.78, 5) is 24.8. The number of hydrogen-bond donors (Lipinski definition) is 2. The maximum Gasteiger partial charge on any atom is 0.251 e. The van der Waals surface area contributed by atoms with Crippen LogP contribution in [0.4, 0.5) is 0 Å². The van der Waals surface area contributed by atoms with E-state index in [-0.39, 0.29) is 5.91 Å². The van der Waals surface area contributed by atoms with Gasteiger partial charge in [0.1, 0.15) is 0 Å². The van der Waals surface area contributed by atoms with E-state index in [1.54, 1.807) is 12.4 Å². The molecule has 1 amide bonds. The summed E-state index contributed by atoms with van der Waals surface area (Å²) in [7, 11) is 0. The van der Waals surface area contributed by atoms with Crippen LogP contribution in [0.3, 0.4) is 0 Å². The van der Waals surface area contributed by atoms with Gasteiger partial charge in [-0.2, -0.15) is 0 Å². The van der Waals surface area contributed by atoms with Crippen LogP contribution in [0.2, 0.25) is 0 Å². The smallest absolute Gasteiger partial charge is 0.251 e. The fraction of sp³-hybridized carbons (Fsp3) is 0.0800. The lowest BCUT2D eigenvalue weighted by molar-refractivity contribution is 0.0951. The molecule has 0 aliphatic rings. The molecule has 3 heterocycles. The Kier molecular flexibility index (Phi) is 4.48. The highest BCUT2D eigenvalue weighted by atomic mass is 16.1. The van der Waals surface area contributed by atoms with Gasteiger partial charge in [-0.25, -0.2) is 0 Å². The van der Waals surface area contributed by atoms with Gasteiger partial charge in [-0.15, -0.1) is 0 Å². The number of hydrogen-bond acceptors (Lipinski definition) is 3. The Morgan fingerprint density at radius 3 is 2.63 bits per heavy atom. The number of carbonyl (C=O) groups excluding carboxylic acids is 1. The van der Waals surface area contributed by atoms with Crippen LogP contribution in [0.5, 0.6) is 0 Å². The number of nitrogens with zero attached hydrogens (tertiary/aromatic N) is 2. The molecule has 0 aliphatic carbocycles. The molecule has 0 saturated carbocycles. The average Bonchev–Trinajstić information content (AvgIpc) is 3.15. The number of amides is 1. The van der Waals surface area contributed by atoms with E-state index in [0.717, 1.165) is 44.3 Å². The highest BCUT2D eigenvalue weighted by Gasteiger charge is 2.10. The third-order valence-corrected chi connectivity index (χ3v) is 5.24. The standard InChI is InChI=1S/C25H20N4O/c1-16-12-18(10-11-26-16)22-9-6-17(14-27-22)15-28-25(30)19-7-8-21-20-4-2-3-5-23(20)29-24(21)13-19/h2-14,29H,15H2,1H3,(H,28,30). The van der Waals surface area contributed by atoms with Gasteiger partial charge in [0.15, 0.2) is 0 Å². The maximum atomic E-state index is 12.7. The second-order valence-electron chi connectivity index (χ2n) is 7.35. The summed E-state index contributed by atoms with van der Waals surface area (Å²) in [6.45, 7) is 2.38. The number of aromatic amines is 1. The Morgan fingerprint density at radius 2 is 1.80 bits per heavy atom. The van der Waals surface area contributed by atoms with Gasteiger partial charge in [0.25, 0.3) is 5.91 Å². The van der Waals surface area contributed by atoms with Crippen molar-refractivity contribution in [3.63, 3.8) is 0 Å². The molecular formula is C25H20N4O. The third-order valence-electron chi connectivity index (χ3n) is 5.24. The maximum absolute atomic E-state index is 12.7. The molecule has 5 aromatic rings. The number of aryl methyl sites for hydroxylation is 1. The van der Waals surface area contributed by atoms with E-state index in [0.29, 0.717) is 12.1 Å². The fourth-order valence-electron chi connectivity index (χ4n) is 3.68. The first kappa shape index (κ1) is 18.1. The Bertz CT molecular complexity index is 1370. The number of nitrogens with one attached hydrogen (secondary N) is 2. The summed E-state index contributed by atoms with van der Waals surface area (Å²) in [5.74, 6) is -0.107. The summed E-state index contributed by atoms with van der Waals surface area (Å²) in [5.41, 5.74) is 6.49. The monoisotopic (exact) mass is 392 g/mol. The summed E-state index contributed by atoms with van der Waals surface area (Å²) in [5, 5.41) is 5.26. The first-order valence-corrected chi connectivity index (χ1v) is 9.84. The van der Waals surface area contributed by atoms with E-state index >= 15 is 0 Å². The molecule has 0 bridgehead atoms. The summed E-state index contributed by atoms with van der Waals surface area (Å²) in [6.07, 6.45) is 3.58. The quantitative estimate of drug-likeness (QED) is 0.451. The normalized spacial score (nSPS) is 11.1. The number of rotatable bonds is 4. The number of para-hydroxylation sites is 1. The molecule has 2 N–H and O–H groups in total. The molecule has 5 nitrogen and oxygen atoms in total.